The van der Waals surface area contributed by atoms with Crippen molar-refractivity contribution in [2.75, 3.05) is 10.4 Å². The molecule has 27 heavy (non-hydrogen) atoms. The zero-order valence-corrected chi connectivity index (χ0v) is 14.1. The van der Waals surface area contributed by atoms with Crippen LogP contribution in [0.25, 0.3) is 5.69 Å². The summed E-state index contributed by atoms with van der Waals surface area (Å²) >= 11 is 5.60. The zero-order chi connectivity index (χ0) is 19.6. The molecule has 3 N–H and O–H groups in total. The van der Waals surface area contributed by atoms with E-state index in [4.69, 9.17) is 17.3 Å². The molecule has 1 heterocycles. The molecule has 0 radical (unpaired) electrons. The number of hydrazine groups is 1. The van der Waals surface area contributed by atoms with Crippen LogP contribution in [0.3, 0.4) is 0 Å². The summed E-state index contributed by atoms with van der Waals surface area (Å²) in [6, 6.07) is 8.44. The summed E-state index contributed by atoms with van der Waals surface area (Å²) in [5, 5.41) is 11.0. The summed E-state index contributed by atoms with van der Waals surface area (Å²) in [5.74, 6) is 0. The van der Waals surface area contributed by atoms with E-state index in [0.717, 1.165) is 17.1 Å². The third-order valence-electron chi connectivity index (χ3n) is 3.46. The molecule has 0 unspecified atom stereocenters. The second-order valence-corrected chi connectivity index (χ2v) is 5.66. The Balaban J connectivity index is 1.88. The molecule has 0 fully saturated rings. The van der Waals surface area contributed by atoms with E-state index in [1.54, 1.807) is 24.3 Å². The predicted molar refractivity (Wildman–Crippen MR) is 91.3 cm³/mol. The number of aromatic nitrogens is 4. The van der Waals surface area contributed by atoms with Gasteiger partial charge in [0, 0.05) is 0 Å². The van der Waals surface area contributed by atoms with Crippen molar-refractivity contribution in [3.05, 3.63) is 59.4 Å². The largest absolute Gasteiger partial charge is 0.417 e. The molecule has 12 heteroatoms. The molecule has 140 valence electrons. The van der Waals surface area contributed by atoms with Crippen molar-refractivity contribution >= 4 is 29.0 Å². The van der Waals surface area contributed by atoms with E-state index in [2.05, 4.69) is 21.0 Å². The fraction of sp³-hybridized carbons (Fsp3) is 0.0667. The van der Waals surface area contributed by atoms with E-state index in [1.807, 2.05) is 0 Å². The monoisotopic (exact) mass is 397 g/mol. The molecule has 0 bridgehead atoms. The molecular weight excluding hydrogens is 387 g/mol. The first-order valence-electron chi connectivity index (χ1n) is 7.32. The van der Waals surface area contributed by atoms with Crippen LogP contribution < -0.4 is 16.2 Å². The highest BCUT2D eigenvalue weighted by Gasteiger charge is 2.34. The SMILES string of the molecule is NC(=O)N(Nc1ccc(-n2cnnn2)cc1)c1ccc(Cl)c(C(F)(F)F)c1. The van der Waals surface area contributed by atoms with Gasteiger partial charge in [0.2, 0.25) is 0 Å². The van der Waals surface area contributed by atoms with Crippen molar-refractivity contribution in [3.8, 4) is 5.69 Å². The van der Waals surface area contributed by atoms with Gasteiger partial charge in [0.05, 0.1) is 27.6 Å². The van der Waals surface area contributed by atoms with Crippen molar-refractivity contribution < 1.29 is 18.0 Å². The van der Waals surface area contributed by atoms with Gasteiger partial charge in [-0.15, -0.1) is 5.10 Å². The zero-order valence-electron chi connectivity index (χ0n) is 13.4. The van der Waals surface area contributed by atoms with Gasteiger partial charge in [0.25, 0.3) is 0 Å². The number of anilines is 2. The average molecular weight is 398 g/mol. The van der Waals surface area contributed by atoms with Crippen LogP contribution in [0.5, 0.6) is 0 Å². The Labute approximate surface area is 155 Å². The van der Waals surface area contributed by atoms with E-state index in [1.165, 1.54) is 17.1 Å². The van der Waals surface area contributed by atoms with E-state index in [0.29, 0.717) is 11.4 Å². The van der Waals surface area contributed by atoms with Gasteiger partial charge in [0.1, 0.15) is 6.33 Å². The quantitative estimate of drug-likeness (QED) is 0.658. The molecule has 0 aliphatic rings. The van der Waals surface area contributed by atoms with Crippen LogP contribution in [-0.2, 0) is 6.18 Å². The Morgan fingerprint density at radius 1 is 1.19 bits per heavy atom. The van der Waals surface area contributed by atoms with Crippen LogP contribution in [0, 0.1) is 0 Å². The summed E-state index contributed by atoms with van der Waals surface area (Å²) < 4.78 is 40.5. The molecular formula is C15H11ClF3N7O. The van der Waals surface area contributed by atoms with Crippen LogP contribution in [0.4, 0.5) is 29.3 Å². The fourth-order valence-corrected chi connectivity index (χ4v) is 2.44. The molecule has 2 amide bonds. The molecule has 0 aliphatic heterocycles. The van der Waals surface area contributed by atoms with Crippen LogP contribution in [-0.4, -0.2) is 26.2 Å². The summed E-state index contributed by atoms with van der Waals surface area (Å²) in [7, 11) is 0. The Bertz CT molecular complexity index is 945. The number of nitrogens with one attached hydrogen (secondary N) is 1. The molecule has 3 rings (SSSR count). The molecule has 0 saturated carbocycles. The number of amides is 2. The lowest BCUT2D eigenvalue weighted by Gasteiger charge is -2.23. The number of nitrogens with two attached hydrogens (primary N) is 1. The number of tetrazole rings is 1. The molecule has 0 aliphatic carbocycles. The van der Waals surface area contributed by atoms with Gasteiger partial charge in [-0.25, -0.2) is 14.5 Å². The van der Waals surface area contributed by atoms with E-state index < -0.39 is 22.8 Å². The third kappa shape index (κ3) is 4.08. The van der Waals surface area contributed by atoms with Gasteiger partial charge in [-0.3, -0.25) is 5.43 Å². The second kappa shape index (κ2) is 7.11. The second-order valence-electron chi connectivity index (χ2n) is 5.25. The number of carbonyl (C=O) groups excluding carboxylic acids is 1. The summed E-state index contributed by atoms with van der Waals surface area (Å²) in [5.41, 5.74) is 7.79. The summed E-state index contributed by atoms with van der Waals surface area (Å²) in [6.07, 6.45) is -3.28. The number of carbonyl (C=O) groups is 1. The lowest BCUT2D eigenvalue weighted by molar-refractivity contribution is -0.137. The van der Waals surface area contributed by atoms with Crippen molar-refractivity contribution in [1.29, 1.82) is 0 Å². The lowest BCUT2D eigenvalue weighted by Crippen LogP contribution is -2.40. The number of nitrogens with zero attached hydrogens (tertiary/aromatic N) is 5. The van der Waals surface area contributed by atoms with E-state index >= 15 is 0 Å². The highest BCUT2D eigenvalue weighted by atomic mass is 35.5. The number of alkyl halides is 3. The maximum absolute atomic E-state index is 13.0. The molecule has 1 aromatic heterocycles. The minimum atomic E-state index is -4.68. The first-order chi connectivity index (χ1) is 12.8. The molecule has 0 saturated heterocycles. The van der Waals surface area contributed by atoms with Gasteiger partial charge >= 0.3 is 12.2 Å². The molecule has 0 atom stereocenters. The van der Waals surface area contributed by atoms with E-state index in [9.17, 15) is 18.0 Å². The maximum Gasteiger partial charge on any atom is 0.417 e. The Morgan fingerprint density at radius 2 is 1.89 bits per heavy atom. The summed E-state index contributed by atoms with van der Waals surface area (Å²) in [6.45, 7) is 0. The van der Waals surface area contributed by atoms with Gasteiger partial charge in [-0.1, -0.05) is 11.6 Å². The smallest absolute Gasteiger partial charge is 0.350 e. The van der Waals surface area contributed by atoms with Crippen LogP contribution in [0.15, 0.2) is 48.8 Å². The van der Waals surface area contributed by atoms with Crippen LogP contribution in [0.1, 0.15) is 5.56 Å². The van der Waals surface area contributed by atoms with Crippen molar-refractivity contribution in [2.45, 2.75) is 6.18 Å². The van der Waals surface area contributed by atoms with E-state index in [-0.39, 0.29) is 5.69 Å². The number of benzene rings is 2. The van der Waals surface area contributed by atoms with Crippen molar-refractivity contribution in [3.63, 3.8) is 0 Å². The van der Waals surface area contributed by atoms with Crippen LogP contribution in [0.2, 0.25) is 5.02 Å². The Hall–Kier alpha value is -3.34. The Morgan fingerprint density at radius 3 is 2.44 bits per heavy atom. The number of hydrogen-bond acceptors (Lipinski definition) is 5. The summed E-state index contributed by atoms with van der Waals surface area (Å²) in [4.78, 5) is 11.7. The molecule has 0 spiro atoms. The van der Waals surface area contributed by atoms with Gasteiger partial charge in [-0.05, 0) is 52.9 Å². The minimum Gasteiger partial charge on any atom is -0.350 e. The van der Waals surface area contributed by atoms with Crippen molar-refractivity contribution in [2.24, 2.45) is 5.73 Å². The standard InChI is InChI=1S/C15H11ClF3N7O/c16-13-6-5-11(7-12(13)15(17,18)19)26(14(20)27)22-9-1-3-10(4-2-9)25-8-21-23-24-25/h1-8,22H,(H2,20,27). The van der Waals surface area contributed by atoms with Crippen molar-refractivity contribution in [1.82, 2.24) is 20.2 Å². The predicted octanol–water partition coefficient (Wildman–Crippen LogP) is 3.25. The van der Waals surface area contributed by atoms with Gasteiger partial charge in [0.15, 0.2) is 0 Å². The molecule has 2 aromatic carbocycles. The highest BCUT2D eigenvalue weighted by Crippen LogP contribution is 2.37. The normalized spacial score (nSPS) is 11.3. The van der Waals surface area contributed by atoms with Crippen LogP contribution >= 0.6 is 11.6 Å². The highest BCUT2D eigenvalue weighted by molar-refractivity contribution is 6.31. The number of primary amides is 1. The van der Waals surface area contributed by atoms with Gasteiger partial charge in [-0.2, -0.15) is 13.2 Å². The van der Waals surface area contributed by atoms with Gasteiger partial charge < -0.3 is 5.73 Å². The third-order valence-corrected chi connectivity index (χ3v) is 3.79. The molecule has 3 aromatic rings. The number of hydrogen-bond donors (Lipinski definition) is 2. The average Bonchev–Trinajstić information content (AvgIpc) is 3.14. The fourth-order valence-electron chi connectivity index (χ4n) is 2.21. The number of rotatable bonds is 4. The number of urea groups is 1. The topological polar surface area (TPSA) is 102 Å². The molecule has 8 nitrogen and oxygen atoms in total. The Kier molecular flexibility index (Phi) is 4.86. The minimum absolute atomic E-state index is 0.122. The number of halogens is 4. The first-order valence-corrected chi connectivity index (χ1v) is 7.70. The lowest BCUT2D eigenvalue weighted by atomic mass is 10.2. The first kappa shape index (κ1) is 18.5. The maximum atomic E-state index is 13.0.